The maximum absolute atomic E-state index is 13.1. The number of carbonyl (C=O) groups excluding carboxylic acids is 1. The zero-order chi connectivity index (χ0) is 13.9. The number of rotatable bonds is 4. The third-order valence-electron chi connectivity index (χ3n) is 2.04. The molecule has 18 heavy (non-hydrogen) atoms. The topological polar surface area (TPSA) is 82.3 Å². The Morgan fingerprint density at radius 1 is 1.61 bits per heavy atom. The van der Waals surface area contributed by atoms with Crippen molar-refractivity contribution in [2.45, 2.75) is 12.8 Å². The molecule has 0 atom stereocenters. The van der Waals surface area contributed by atoms with Crippen LogP contribution in [0.4, 0.5) is 18.9 Å². The molecule has 0 unspecified atom stereocenters. The van der Waals surface area contributed by atoms with Crippen molar-refractivity contribution in [1.29, 1.82) is 0 Å². The smallest absolute Gasteiger partial charge is 0.324 e. The lowest BCUT2D eigenvalue weighted by Crippen LogP contribution is -2.11. The number of hydrogen-bond donors (Lipinski definition) is 0. The molecule has 1 aromatic rings. The molecule has 6 nitrogen and oxygen atoms in total. The van der Waals surface area contributed by atoms with Crippen molar-refractivity contribution in [3.05, 3.63) is 33.4 Å². The number of aromatic nitrogens is 1. The van der Waals surface area contributed by atoms with E-state index in [1.165, 1.54) is 0 Å². The quantitative estimate of drug-likeness (QED) is 0.358. The Kier molecular flexibility index (Phi) is 4.18. The summed E-state index contributed by atoms with van der Waals surface area (Å²) in [6, 6.07) is 0.366. The lowest BCUT2D eigenvalue weighted by Gasteiger charge is -2.07. The number of methoxy groups -OCH3 is 1. The van der Waals surface area contributed by atoms with E-state index in [1.807, 2.05) is 0 Å². The van der Waals surface area contributed by atoms with Crippen molar-refractivity contribution in [3.63, 3.8) is 0 Å². The van der Waals surface area contributed by atoms with Gasteiger partial charge < -0.3 is 4.74 Å². The number of carbonyl (C=O) groups is 1. The number of halogens is 3. The second-order valence-corrected chi connectivity index (χ2v) is 3.14. The molecule has 1 rings (SSSR count). The minimum absolute atomic E-state index is 0.366. The minimum Gasteiger partial charge on any atom is -0.469 e. The van der Waals surface area contributed by atoms with Crippen molar-refractivity contribution in [1.82, 2.24) is 4.98 Å². The first-order valence-corrected chi connectivity index (χ1v) is 4.55. The van der Waals surface area contributed by atoms with Gasteiger partial charge in [0.05, 0.1) is 24.1 Å². The summed E-state index contributed by atoms with van der Waals surface area (Å²) in [5.74, 6) is -2.43. The first-order valence-electron chi connectivity index (χ1n) is 4.55. The minimum atomic E-state index is -3.11. The molecule has 0 aliphatic rings. The van der Waals surface area contributed by atoms with E-state index in [0.29, 0.717) is 6.07 Å². The van der Waals surface area contributed by atoms with Gasteiger partial charge in [0.15, 0.2) is 0 Å². The van der Waals surface area contributed by atoms with Crippen LogP contribution in [0, 0.1) is 16.1 Å². The molecule has 0 aliphatic carbocycles. The molecule has 1 heterocycles. The van der Waals surface area contributed by atoms with E-state index >= 15 is 0 Å². The van der Waals surface area contributed by atoms with Crippen LogP contribution >= 0.6 is 0 Å². The molecule has 0 saturated heterocycles. The number of alkyl halides is 2. The van der Waals surface area contributed by atoms with Gasteiger partial charge in [-0.15, -0.1) is 0 Å². The zero-order valence-electron chi connectivity index (χ0n) is 9.02. The molecule has 0 aliphatic heterocycles. The fourth-order valence-corrected chi connectivity index (χ4v) is 1.20. The highest BCUT2D eigenvalue weighted by atomic mass is 19.3. The number of ether oxygens (including phenoxy) is 1. The summed E-state index contributed by atoms with van der Waals surface area (Å²) < 4.78 is 42.6. The fourth-order valence-electron chi connectivity index (χ4n) is 1.20. The third kappa shape index (κ3) is 2.93. The molecule has 0 amide bonds. The van der Waals surface area contributed by atoms with Gasteiger partial charge in [0, 0.05) is 11.6 Å². The predicted octanol–water partition coefficient (Wildman–Crippen LogP) is 1.78. The van der Waals surface area contributed by atoms with Gasteiger partial charge in [-0.25, -0.2) is 13.8 Å². The first-order chi connectivity index (χ1) is 8.36. The Morgan fingerprint density at radius 2 is 2.22 bits per heavy atom. The molecule has 0 spiro atoms. The number of pyridine rings is 1. The highest BCUT2D eigenvalue weighted by molar-refractivity contribution is 5.72. The highest BCUT2D eigenvalue weighted by Gasteiger charge is 2.25. The molecule has 0 bridgehead atoms. The zero-order valence-corrected chi connectivity index (χ0v) is 9.02. The Morgan fingerprint density at radius 3 is 2.67 bits per heavy atom. The van der Waals surface area contributed by atoms with Crippen molar-refractivity contribution in [3.8, 4) is 0 Å². The average molecular weight is 264 g/mol. The van der Waals surface area contributed by atoms with Gasteiger partial charge in [0.1, 0.15) is 0 Å². The summed E-state index contributed by atoms with van der Waals surface area (Å²) in [5.41, 5.74) is -2.62. The van der Waals surface area contributed by atoms with Gasteiger partial charge in [-0.2, -0.15) is 4.39 Å². The average Bonchev–Trinajstić information content (AvgIpc) is 2.27. The number of hydrogen-bond acceptors (Lipinski definition) is 5. The van der Waals surface area contributed by atoms with Crippen LogP contribution in [0.3, 0.4) is 0 Å². The van der Waals surface area contributed by atoms with Crippen LogP contribution in [0.5, 0.6) is 0 Å². The van der Waals surface area contributed by atoms with Crippen LogP contribution < -0.4 is 0 Å². The van der Waals surface area contributed by atoms with E-state index in [4.69, 9.17) is 0 Å². The van der Waals surface area contributed by atoms with E-state index in [-0.39, 0.29) is 0 Å². The number of esters is 1. The number of nitro groups is 1. The highest BCUT2D eigenvalue weighted by Crippen LogP contribution is 2.27. The summed E-state index contributed by atoms with van der Waals surface area (Å²) in [4.78, 5) is 23.1. The van der Waals surface area contributed by atoms with Gasteiger partial charge in [-0.1, -0.05) is 0 Å². The Labute approximate surface area is 98.5 Å². The molecule has 9 heteroatoms. The van der Waals surface area contributed by atoms with E-state index in [0.717, 1.165) is 7.11 Å². The molecular formula is C9H7F3N2O4. The largest absolute Gasteiger partial charge is 0.469 e. The van der Waals surface area contributed by atoms with Crippen molar-refractivity contribution in [2.75, 3.05) is 7.11 Å². The second kappa shape index (κ2) is 5.43. The summed E-state index contributed by atoms with van der Waals surface area (Å²) in [6.07, 6.45) is -3.80. The molecule has 0 fully saturated rings. The normalized spacial score (nSPS) is 10.5. The fraction of sp³-hybridized carbons (Fsp3) is 0.333. The van der Waals surface area contributed by atoms with Gasteiger partial charge in [-0.3, -0.25) is 14.9 Å². The lowest BCUT2D eigenvalue weighted by molar-refractivity contribution is -0.388. The van der Waals surface area contributed by atoms with Gasteiger partial charge in [-0.05, 0) is 0 Å². The Bertz CT molecular complexity index is 493. The summed E-state index contributed by atoms with van der Waals surface area (Å²) in [7, 11) is 1.02. The molecule has 0 aromatic carbocycles. The molecule has 98 valence electrons. The summed E-state index contributed by atoms with van der Waals surface area (Å²) >= 11 is 0. The van der Waals surface area contributed by atoms with E-state index in [1.54, 1.807) is 0 Å². The van der Waals surface area contributed by atoms with Crippen molar-refractivity contribution >= 4 is 11.7 Å². The molecule has 1 aromatic heterocycles. The SMILES string of the molecule is COC(=O)Cc1nc(F)c([N+](=O)[O-])cc1C(F)F. The molecule has 0 N–H and O–H groups in total. The van der Waals surface area contributed by atoms with Crippen molar-refractivity contribution in [2.24, 2.45) is 0 Å². The molecule has 0 radical (unpaired) electrons. The third-order valence-corrected chi connectivity index (χ3v) is 2.04. The second-order valence-electron chi connectivity index (χ2n) is 3.14. The van der Waals surface area contributed by atoms with Crippen LogP contribution in [-0.2, 0) is 16.0 Å². The van der Waals surface area contributed by atoms with Gasteiger partial charge in [0.25, 0.3) is 12.4 Å². The van der Waals surface area contributed by atoms with Crippen LogP contribution in [0.2, 0.25) is 0 Å². The van der Waals surface area contributed by atoms with Crippen LogP contribution in [0.15, 0.2) is 6.07 Å². The summed E-state index contributed by atoms with van der Waals surface area (Å²) in [5, 5.41) is 10.4. The lowest BCUT2D eigenvalue weighted by atomic mass is 10.1. The maximum Gasteiger partial charge on any atom is 0.324 e. The Hall–Kier alpha value is -2.19. The van der Waals surface area contributed by atoms with Crippen LogP contribution in [-0.4, -0.2) is 23.0 Å². The monoisotopic (exact) mass is 264 g/mol. The first kappa shape index (κ1) is 13.9. The maximum atomic E-state index is 13.1. The molecule has 0 saturated carbocycles. The molecular weight excluding hydrogens is 257 g/mol. The van der Waals surface area contributed by atoms with Crippen molar-refractivity contribution < 1.29 is 27.6 Å². The van der Waals surface area contributed by atoms with E-state index < -0.39 is 46.6 Å². The summed E-state index contributed by atoms with van der Waals surface area (Å²) in [6.45, 7) is 0. The Balaban J connectivity index is 3.29. The van der Waals surface area contributed by atoms with Gasteiger partial charge in [0.2, 0.25) is 0 Å². The van der Waals surface area contributed by atoms with Gasteiger partial charge >= 0.3 is 11.7 Å². The number of nitrogens with zero attached hydrogens (tertiary/aromatic N) is 2. The standard InChI is InChI=1S/C9H7F3N2O4/c1-18-7(15)3-5-4(8(10)11)2-6(14(16)17)9(12)13-5/h2,8H,3H2,1H3. The van der Waals surface area contributed by atoms with Crippen LogP contribution in [0.25, 0.3) is 0 Å². The van der Waals surface area contributed by atoms with E-state index in [9.17, 15) is 28.1 Å². The van der Waals surface area contributed by atoms with E-state index in [2.05, 4.69) is 9.72 Å². The van der Waals surface area contributed by atoms with Crippen LogP contribution in [0.1, 0.15) is 17.7 Å². The predicted molar refractivity (Wildman–Crippen MR) is 51.5 cm³/mol.